The molecule has 6 nitrogen and oxygen atoms in total. The maximum atomic E-state index is 12.8. The number of benzene rings is 2. The minimum atomic E-state index is -3.61. The molecule has 8 heteroatoms. The van der Waals surface area contributed by atoms with Gasteiger partial charge >= 0.3 is 0 Å². The number of nitrogens with one attached hydrogen (secondary N) is 1. The molecule has 0 atom stereocenters. The van der Waals surface area contributed by atoms with E-state index in [9.17, 15) is 13.2 Å². The first kappa shape index (κ1) is 21.0. The number of nitrogens with zero attached hydrogens (tertiary/aromatic N) is 1. The maximum absolute atomic E-state index is 12.8. The lowest BCUT2D eigenvalue weighted by Gasteiger charge is -2.05. The molecule has 0 aliphatic carbocycles. The number of thiazole rings is 1. The van der Waals surface area contributed by atoms with Gasteiger partial charge in [0.15, 0.2) is 20.7 Å². The Bertz CT molecular complexity index is 1320. The molecule has 0 radical (unpaired) electrons. The Morgan fingerprint density at radius 1 is 1.03 bits per heavy atom. The van der Waals surface area contributed by atoms with E-state index in [1.807, 2.05) is 38.1 Å². The Morgan fingerprint density at radius 3 is 2.45 bits per heavy atom. The molecule has 0 saturated heterocycles. The summed E-state index contributed by atoms with van der Waals surface area (Å²) < 4.78 is 30.7. The third kappa shape index (κ3) is 4.60. The van der Waals surface area contributed by atoms with Crippen LogP contribution in [0.4, 0.5) is 5.13 Å². The molecule has 0 saturated carbocycles. The molecule has 0 fully saturated rings. The van der Waals surface area contributed by atoms with Crippen molar-refractivity contribution in [2.24, 2.45) is 0 Å². The Balaban J connectivity index is 1.54. The number of amides is 1. The van der Waals surface area contributed by atoms with Crippen LogP contribution in [0.5, 0.6) is 0 Å². The molecular weight excluding hydrogens is 432 g/mol. The number of hydrogen-bond donors (Lipinski definition) is 1. The van der Waals surface area contributed by atoms with Gasteiger partial charge in [-0.1, -0.05) is 48.0 Å². The van der Waals surface area contributed by atoms with Crippen molar-refractivity contribution in [3.05, 3.63) is 88.7 Å². The summed E-state index contributed by atoms with van der Waals surface area (Å²) in [5.74, 6) is -0.904. The van der Waals surface area contributed by atoms with Gasteiger partial charge in [-0.05, 0) is 32.0 Å². The quantitative estimate of drug-likeness (QED) is 0.432. The van der Waals surface area contributed by atoms with Crippen molar-refractivity contribution in [3.8, 4) is 11.3 Å². The fourth-order valence-corrected chi connectivity index (χ4v) is 5.35. The van der Waals surface area contributed by atoms with Gasteiger partial charge in [-0.2, -0.15) is 0 Å². The first-order chi connectivity index (χ1) is 14.8. The van der Waals surface area contributed by atoms with Crippen LogP contribution >= 0.6 is 11.3 Å². The largest absolute Gasteiger partial charge is 0.459 e. The zero-order valence-electron chi connectivity index (χ0n) is 17.0. The number of aryl methyl sites for hydroxylation is 2. The molecule has 1 amide bonds. The number of carbonyl (C=O) groups excluding carboxylic acids is 1. The van der Waals surface area contributed by atoms with Crippen molar-refractivity contribution < 1.29 is 17.6 Å². The zero-order chi connectivity index (χ0) is 22.0. The summed E-state index contributed by atoms with van der Waals surface area (Å²) in [5, 5.41) is 3.16. The van der Waals surface area contributed by atoms with Crippen molar-refractivity contribution in [2.45, 2.75) is 24.5 Å². The monoisotopic (exact) mass is 452 g/mol. The van der Waals surface area contributed by atoms with Gasteiger partial charge in [0.25, 0.3) is 5.91 Å². The van der Waals surface area contributed by atoms with E-state index < -0.39 is 15.7 Å². The molecule has 4 rings (SSSR count). The van der Waals surface area contributed by atoms with E-state index in [0.29, 0.717) is 10.7 Å². The summed E-state index contributed by atoms with van der Waals surface area (Å²) >= 11 is 1.35. The Labute approximate surface area is 184 Å². The van der Waals surface area contributed by atoms with Gasteiger partial charge in [0, 0.05) is 16.0 Å². The lowest BCUT2D eigenvalue weighted by molar-refractivity contribution is 0.0996. The zero-order valence-corrected chi connectivity index (χ0v) is 18.6. The lowest BCUT2D eigenvalue weighted by atomic mass is 10.1. The molecule has 2 aromatic carbocycles. The number of anilines is 1. The Kier molecular flexibility index (Phi) is 5.75. The van der Waals surface area contributed by atoms with Crippen LogP contribution in [0.1, 0.15) is 26.6 Å². The Morgan fingerprint density at radius 2 is 1.74 bits per heavy atom. The summed E-state index contributed by atoms with van der Waals surface area (Å²) in [4.78, 5) is 18.5. The smallest absolute Gasteiger partial charge is 0.293 e. The highest BCUT2D eigenvalue weighted by molar-refractivity contribution is 7.90. The third-order valence-corrected chi connectivity index (χ3v) is 7.31. The maximum Gasteiger partial charge on any atom is 0.293 e. The topological polar surface area (TPSA) is 89.3 Å². The van der Waals surface area contributed by atoms with Crippen molar-refractivity contribution >= 4 is 32.2 Å². The van der Waals surface area contributed by atoms with E-state index in [1.54, 1.807) is 18.2 Å². The molecule has 31 heavy (non-hydrogen) atoms. The lowest BCUT2D eigenvalue weighted by Crippen LogP contribution is -2.14. The van der Waals surface area contributed by atoms with Crippen molar-refractivity contribution in [1.82, 2.24) is 4.98 Å². The number of aromatic nitrogens is 1. The highest BCUT2D eigenvalue weighted by Crippen LogP contribution is 2.31. The van der Waals surface area contributed by atoms with Crippen molar-refractivity contribution in [1.29, 1.82) is 0 Å². The molecule has 0 bridgehead atoms. The first-order valence-electron chi connectivity index (χ1n) is 9.53. The van der Waals surface area contributed by atoms with Crippen molar-refractivity contribution in [2.75, 3.05) is 5.32 Å². The van der Waals surface area contributed by atoms with E-state index in [-0.39, 0.29) is 16.4 Å². The molecule has 0 aliphatic rings. The van der Waals surface area contributed by atoms with Crippen LogP contribution in [0.3, 0.4) is 0 Å². The van der Waals surface area contributed by atoms with Gasteiger partial charge in [0.1, 0.15) is 0 Å². The van der Waals surface area contributed by atoms with Gasteiger partial charge in [-0.15, -0.1) is 11.3 Å². The summed E-state index contributed by atoms with van der Waals surface area (Å²) in [7, 11) is -3.61. The predicted molar refractivity (Wildman–Crippen MR) is 121 cm³/mol. The van der Waals surface area contributed by atoms with Crippen LogP contribution < -0.4 is 5.32 Å². The molecule has 0 aliphatic heterocycles. The van der Waals surface area contributed by atoms with E-state index in [0.717, 1.165) is 21.7 Å². The summed E-state index contributed by atoms with van der Waals surface area (Å²) in [6, 6.07) is 17.6. The fourth-order valence-electron chi connectivity index (χ4n) is 3.15. The number of rotatable bonds is 6. The SMILES string of the molecule is Cc1ccc(-c2nc(NC(=O)c3occc3CS(=O)(=O)c3ccccc3)sc2C)cc1. The molecule has 2 heterocycles. The normalized spacial score (nSPS) is 11.4. The standard InChI is InChI=1S/C23H20N2O4S2/c1-15-8-10-17(11-9-15)20-16(2)30-23(24-20)25-22(26)21-18(12-13-29-21)14-31(27,28)19-6-4-3-5-7-19/h3-13H,14H2,1-2H3,(H,24,25,26). The highest BCUT2D eigenvalue weighted by Gasteiger charge is 2.23. The Hall–Kier alpha value is -3.23. The van der Waals surface area contributed by atoms with Gasteiger partial charge in [0.05, 0.1) is 22.6 Å². The second-order valence-electron chi connectivity index (χ2n) is 7.09. The van der Waals surface area contributed by atoms with Crippen LogP contribution in [0.15, 0.2) is 76.2 Å². The number of hydrogen-bond acceptors (Lipinski definition) is 6. The minimum Gasteiger partial charge on any atom is -0.459 e. The number of carbonyl (C=O) groups is 1. The average Bonchev–Trinajstić information content (AvgIpc) is 3.35. The highest BCUT2D eigenvalue weighted by atomic mass is 32.2. The minimum absolute atomic E-state index is 0.0377. The van der Waals surface area contributed by atoms with Crippen LogP contribution in [0, 0.1) is 13.8 Å². The summed E-state index contributed by atoms with van der Waals surface area (Å²) in [5.41, 5.74) is 3.22. The predicted octanol–water partition coefficient (Wildman–Crippen LogP) is 5.25. The number of furan rings is 1. The van der Waals surface area contributed by atoms with Crippen LogP contribution in [0.2, 0.25) is 0 Å². The van der Waals surface area contributed by atoms with Gasteiger partial charge in [0.2, 0.25) is 0 Å². The molecule has 158 valence electrons. The molecule has 1 N–H and O–H groups in total. The van der Waals surface area contributed by atoms with Gasteiger partial charge < -0.3 is 4.42 Å². The first-order valence-corrected chi connectivity index (χ1v) is 12.0. The molecule has 0 spiro atoms. The van der Waals surface area contributed by atoms with E-state index in [4.69, 9.17) is 4.42 Å². The molecule has 2 aromatic heterocycles. The van der Waals surface area contributed by atoms with Crippen molar-refractivity contribution in [3.63, 3.8) is 0 Å². The fraction of sp³-hybridized carbons (Fsp3) is 0.130. The molecule has 4 aromatic rings. The second-order valence-corrected chi connectivity index (χ2v) is 10.3. The summed E-state index contributed by atoms with van der Waals surface area (Å²) in [6.07, 6.45) is 1.32. The van der Waals surface area contributed by atoms with E-state index >= 15 is 0 Å². The van der Waals surface area contributed by atoms with Gasteiger partial charge in [-0.25, -0.2) is 13.4 Å². The average molecular weight is 453 g/mol. The van der Waals surface area contributed by atoms with E-state index in [2.05, 4.69) is 10.3 Å². The molecular formula is C23H20N2O4S2. The van der Waals surface area contributed by atoms with E-state index in [1.165, 1.54) is 35.8 Å². The number of sulfone groups is 1. The van der Waals surface area contributed by atoms with Crippen LogP contribution in [-0.2, 0) is 15.6 Å². The summed E-state index contributed by atoms with van der Waals surface area (Å²) in [6.45, 7) is 3.95. The second kappa shape index (κ2) is 8.49. The van der Waals surface area contributed by atoms with Crippen LogP contribution in [-0.4, -0.2) is 19.3 Å². The third-order valence-electron chi connectivity index (χ3n) is 4.74. The van der Waals surface area contributed by atoms with Crippen LogP contribution in [0.25, 0.3) is 11.3 Å². The van der Waals surface area contributed by atoms with Gasteiger partial charge in [-0.3, -0.25) is 10.1 Å². The molecule has 0 unspecified atom stereocenters.